The van der Waals surface area contributed by atoms with Gasteiger partial charge in [0.2, 0.25) is 0 Å². The third-order valence-electron chi connectivity index (χ3n) is 2.80. The van der Waals surface area contributed by atoms with Crippen LogP contribution in [0.3, 0.4) is 0 Å². The maximum absolute atomic E-state index is 6.25. The molecular formula is C14H12ClN5. The Balaban J connectivity index is 1.75. The Morgan fingerprint density at radius 1 is 1.00 bits per heavy atom. The summed E-state index contributed by atoms with van der Waals surface area (Å²) in [5.74, 6) is 0. The molecular weight excluding hydrogens is 274 g/mol. The molecule has 0 atom stereocenters. The van der Waals surface area contributed by atoms with Crippen LogP contribution in [0.4, 0.5) is 11.4 Å². The average molecular weight is 286 g/mol. The van der Waals surface area contributed by atoms with Crippen molar-refractivity contribution in [3.8, 4) is 11.3 Å². The zero-order valence-corrected chi connectivity index (χ0v) is 11.2. The molecule has 0 bridgehead atoms. The molecule has 0 saturated carbocycles. The van der Waals surface area contributed by atoms with Crippen LogP contribution in [0, 0.1) is 0 Å². The van der Waals surface area contributed by atoms with E-state index >= 15 is 0 Å². The predicted octanol–water partition coefficient (Wildman–Crippen LogP) is 3.56. The zero-order valence-electron chi connectivity index (χ0n) is 10.5. The molecule has 3 N–H and O–H groups in total. The summed E-state index contributed by atoms with van der Waals surface area (Å²) in [5.41, 5.74) is 9.59. The van der Waals surface area contributed by atoms with Crippen molar-refractivity contribution in [2.45, 2.75) is 0 Å². The number of benzene rings is 2. The first-order valence-electron chi connectivity index (χ1n) is 6.06. The molecule has 0 unspecified atom stereocenters. The molecule has 5 nitrogen and oxygen atoms in total. The van der Waals surface area contributed by atoms with Crippen LogP contribution < -0.4 is 10.9 Å². The molecule has 6 heteroatoms. The molecule has 0 aliphatic heterocycles. The van der Waals surface area contributed by atoms with Crippen LogP contribution in [-0.2, 0) is 0 Å². The second kappa shape index (κ2) is 5.63. The monoisotopic (exact) mass is 285 g/mol. The van der Waals surface area contributed by atoms with Crippen molar-refractivity contribution in [2.24, 2.45) is 0 Å². The van der Waals surface area contributed by atoms with Crippen LogP contribution in [0.25, 0.3) is 11.3 Å². The first kappa shape index (κ1) is 12.5. The Kier molecular flexibility index (Phi) is 3.52. The maximum Gasteiger partial charge on any atom is 0.112 e. The molecule has 0 saturated heterocycles. The van der Waals surface area contributed by atoms with E-state index in [1.807, 2.05) is 48.5 Å². The van der Waals surface area contributed by atoms with Gasteiger partial charge in [-0.1, -0.05) is 35.9 Å². The number of aromatic amines is 1. The van der Waals surface area contributed by atoms with E-state index in [9.17, 15) is 0 Å². The minimum absolute atomic E-state index is 0.605. The Hall–Kier alpha value is -2.53. The van der Waals surface area contributed by atoms with E-state index in [0.717, 1.165) is 22.6 Å². The highest BCUT2D eigenvalue weighted by atomic mass is 35.5. The Bertz CT molecular complexity index is 682. The van der Waals surface area contributed by atoms with E-state index < -0.39 is 0 Å². The van der Waals surface area contributed by atoms with Crippen molar-refractivity contribution in [2.75, 3.05) is 10.9 Å². The van der Waals surface area contributed by atoms with Crippen LogP contribution in [0.1, 0.15) is 0 Å². The van der Waals surface area contributed by atoms with E-state index in [1.54, 1.807) is 6.20 Å². The molecule has 1 heterocycles. The van der Waals surface area contributed by atoms with Gasteiger partial charge in [0.25, 0.3) is 0 Å². The van der Waals surface area contributed by atoms with Crippen molar-refractivity contribution < 1.29 is 0 Å². The Labute approximate surface area is 121 Å². The fourth-order valence-electron chi connectivity index (χ4n) is 1.78. The summed E-state index contributed by atoms with van der Waals surface area (Å²) >= 11 is 6.25. The number of nitrogens with zero attached hydrogens (tertiary/aromatic N) is 2. The summed E-state index contributed by atoms with van der Waals surface area (Å²) in [6.07, 6.45) is 1.65. The molecule has 0 fully saturated rings. The van der Waals surface area contributed by atoms with Gasteiger partial charge in [0.15, 0.2) is 0 Å². The van der Waals surface area contributed by atoms with Gasteiger partial charge in [-0.25, -0.2) is 0 Å². The number of anilines is 2. The largest absolute Gasteiger partial charge is 0.301 e. The highest BCUT2D eigenvalue weighted by Gasteiger charge is 2.05. The second-order valence-corrected chi connectivity index (χ2v) is 4.57. The number of rotatable bonds is 4. The van der Waals surface area contributed by atoms with Crippen molar-refractivity contribution in [3.05, 3.63) is 59.8 Å². The van der Waals surface area contributed by atoms with Gasteiger partial charge in [-0.15, -0.1) is 0 Å². The molecule has 0 amide bonds. The first-order chi connectivity index (χ1) is 9.83. The summed E-state index contributed by atoms with van der Waals surface area (Å²) in [7, 11) is 0. The number of aromatic nitrogens is 3. The normalized spacial score (nSPS) is 10.2. The van der Waals surface area contributed by atoms with Gasteiger partial charge in [-0.05, 0) is 24.3 Å². The van der Waals surface area contributed by atoms with E-state index in [2.05, 4.69) is 26.3 Å². The number of hydrazine groups is 1. The van der Waals surface area contributed by atoms with Crippen LogP contribution in [0.2, 0.25) is 5.02 Å². The van der Waals surface area contributed by atoms with Gasteiger partial charge in [0.05, 0.1) is 22.6 Å². The summed E-state index contributed by atoms with van der Waals surface area (Å²) in [4.78, 5) is 0. The lowest BCUT2D eigenvalue weighted by Crippen LogP contribution is -2.08. The van der Waals surface area contributed by atoms with Crippen molar-refractivity contribution in [1.82, 2.24) is 15.4 Å². The summed E-state index contributed by atoms with van der Waals surface area (Å²) in [5, 5.41) is 11.0. The van der Waals surface area contributed by atoms with Crippen LogP contribution in [0.5, 0.6) is 0 Å². The van der Waals surface area contributed by atoms with Crippen LogP contribution in [0.15, 0.2) is 54.7 Å². The number of halogens is 1. The minimum Gasteiger partial charge on any atom is -0.301 e. The van der Waals surface area contributed by atoms with Crippen LogP contribution in [-0.4, -0.2) is 15.4 Å². The average Bonchev–Trinajstić information content (AvgIpc) is 3.01. The predicted molar refractivity (Wildman–Crippen MR) is 80.5 cm³/mol. The summed E-state index contributed by atoms with van der Waals surface area (Å²) in [6, 6.07) is 15.5. The second-order valence-electron chi connectivity index (χ2n) is 4.17. The smallest absolute Gasteiger partial charge is 0.112 e. The number of para-hydroxylation sites is 1. The fourth-order valence-corrected chi connectivity index (χ4v) is 2.01. The quantitative estimate of drug-likeness (QED) is 0.641. The minimum atomic E-state index is 0.605. The SMILES string of the molecule is Clc1cc(-c2cn[nH]n2)ccc1NNc1ccccc1. The van der Waals surface area contributed by atoms with Gasteiger partial charge in [0.1, 0.15) is 5.69 Å². The standard InChI is InChI=1S/C14H12ClN5/c15-12-8-10(14-9-16-20-19-14)6-7-13(12)18-17-11-4-2-1-3-5-11/h1-9,17-18H,(H,16,19,20). The molecule has 2 aromatic carbocycles. The number of hydrogen-bond donors (Lipinski definition) is 3. The lowest BCUT2D eigenvalue weighted by Gasteiger charge is -2.11. The Morgan fingerprint density at radius 2 is 1.85 bits per heavy atom. The molecule has 20 heavy (non-hydrogen) atoms. The molecule has 100 valence electrons. The fraction of sp³-hybridized carbons (Fsp3) is 0. The molecule has 3 rings (SSSR count). The van der Waals surface area contributed by atoms with Gasteiger partial charge in [0, 0.05) is 5.56 Å². The van der Waals surface area contributed by atoms with Gasteiger partial charge in [-0.3, -0.25) is 5.43 Å². The summed E-state index contributed by atoms with van der Waals surface area (Å²) < 4.78 is 0. The van der Waals surface area contributed by atoms with Crippen LogP contribution >= 0.6 is 11.6 Å². The molecule has 1 aromatic heterocycles. The molecule has 0 radical (unpaired) electrons. The first-order valence-corrected chi connectivity index (χ1v) is 6.43. The maximum atomic E-state index is 6.25. The molecule has 0 aliphatic carbocycles. The van der Waals surface area contributed by atoms with E-state index in [4.69, 9.17) is 11.6 Å². The highest BCUT2D eigenvalue weighted by molar-refractivity contribution is 6.33. The van der Waals surface area contributed by atoms with Gasteiger partial charge < -0.3 is 5.43 Å². The Morgan fingerprint density at radius 3 is 2.55 bits per heavy atom. The van der Waals surface area contributed by atoms with Crippen molar-refractivity contribution in [3.63, 3.8) is 0 Å². The van der Waals surface area contributed by atoms with Gasteiger partial charge in [-0.2, -0.15) is 15.4 Å². The molecule has 0 spiro atoms. The van der Waals surface area contributed by atoms with Gasteiger partial charge >= 0.3 is 0 Å². The van der Waals surface area contributed by atoms with E-state index in [0.29, 0.717) is 5.02 Å². The lowest BCUT2D eigenvalue weighted by molar-refractivity contribution is 0.942. The van der Waals surface area contributed by atoms with E-state index in [-0.39, 0.29) is 0 Å². The topological polar surface area (TPSA) is 65.6 Å². The number of H-pyrrole nitrogens is 1. The van der Waals surface area contributed by atoms with Crippen molar-refractivity contribution in [1.29, 1.82) is 0 Å². The lowest BCUT2D eigenvalue weighted by atomic mass is 10.1. The van der Waals surface area contributed by atoms with E-state index in [1.165, 1.54) is 0 Å². The third kappa shape index (κ3) is 2.73. The number of hydrogen-bond acceptors (Lipinski definition) is 4. The highest BCUT2D eigenvalue weighted by Crippen LogP contribution is 2.27. The number of nitrogens with one attached hydrogen (secondary N) is 3. The third-order valence-corrected chi connectivity index (χ3v) is 3.11. The molecule has 3 aromatic rings. The van der Waals surface area contributed by atoms with Crippen molar-refractivity contribution >= 4 is 23.0 Å². The summed E-state index contributed by atoms with van der Waals surface area (Å²) in [6.45, 7) is 0. The zero-order chi connectivity index (χ0) is 13.8. The molecule has 0 aliphatic rings.